The van der Waals surface area contributed by atoms with Crippen LogP contribution in [0.2, 0.25) is 0 Å². The molecule has 2 saturated carbocycles. The highest BCUT2D eigenvalue weighted by atomic mass is 14.8. The van der Waals surface area contributed by atoms with E-state index in [0.29, 0.717) is 0 Å². The summed E-state index contributed by atoms with van der Waals surface area (Å²) < 4.78 is 0. The average Bonchev–Trinajstić information content (AvgIpc) is 2.45. The van der Waals surface area contributed by atoms with Crippen molar-refractivity contribution in [1.82, 2.24) is 0 Å². The highest BCUT2D eigenvalue weighted by molar-refractivity contribution is 5.62. The van der Waals surface area contributed by atoms with Gasteiger partial charge in [-0.05, 0) is 36.5 Å². The Morgan fingerprint density at radius 3 is 3.00 bits per heavy atom. The number of fused-ring (bicyclic) bond motifs is 3. The van der Waals surface area contributed by atoms with Crippen LogP contribution in [0.25, 0.3) is 0 Å². The molecule has 4 atom stereocenters. The van der Waals surface area contributed by atoms with Gasteiger partial charge in [0.25, 0.3) is 0 Å². The summed E-state index contributed by atoms with van der Waals surface area (Å²) in [5.74, 6) is 3.28. The molecule has 0 aromatic carbocycles. The van der Waals surface area contributed by atoms with Crippen LogP contribution in [-0.2, 0) is 0 Å². The fraction of sp³-hybridized carbons (Fsp3) is 0.818. The summed E-state index contributed by atoms with van der Waals surface area (Å²) in [6.45, 7) is 2.38. The van der Waals surface area contributed by atoms with Gasteiger partial charge >= 0.3 is 0 Å². The van der Waals surface area contributed by atoms with Crippen molar-refractivity contribution in [3.8, 4) is 0 Å². The Morgan fingerprint density at radius 2 is 2.36 bits per heavy atom. The van der Waals surface area contributed by atoms with Crippen molar-refractivity contribution >= 4 is 0 Å². The lowest BCUT2D eigenvalue weighted by Gasteiger charge is -2.42. The lowest BCUT2D eigenvalue weighted by atomic mass is 9.61. The molecule has 0 aromatic heterocycles. The van der Waals surface area contributed by atoms with E-state index in [4.69, 9.17) is 0 Å². The van der Waals surface area contributed by atoms with Crippen LogP contribution in [0.5, 0.6) is 0 Å². The summed E-state index contributed by atoms with van der Waals surface area (Å²) in [4.78, 5) is 0. The second-order valence-corrected chi connectivity index (χ2v) is 5.02. The lowest BCUT2D eigenvalue weighted by molar-refractivity contribution is 0.158. The normalized spacial score (nSPS) is 61.4. The molecule has 11 heavy (non-hydrogen) atoms. The van der Waals surface area contributed by atoms with Gasteiger partial charge in [-0.1, -0.05) is 24.5 Å². The highest BCUT2D eigenvalue weighted by Crippen LogP contribution is 2.84. The Labute approximate surface area is 67.7 Å². The van der Waals surface area contributed by atoms with Gasteiger partial charge in [0.15, 0.2) is 0 Å². The minimum absolute atomic E-state index is 0.833. The summed E-state index contributed by atoms with van der Waals surface area (Å²) in [5.41, 5.74) is 4.76. The van der Waals surface area contributed by atoms with Crippen molar-refractivity contribution in [2.24, 2.45) is 23.2 Å². The van der Waals surface area contributed by atoms with Crippen LogP contribution in [0.15, 0.2) is 11.1 Å². The van der Waals surface area contributed by atoms with Crippen LogP contribution >= 0.6 is 0 Å². The molecule has 4 unspecified atom stereocenters. The first kappa shape index (κ1) is 5.40. The number of allylic oxidation sites excluding steroid dienone is 2. The van der Waals surface area contributed by atoms with E-state index in [0.717, 1.165) is 23.2 Å². The van der Waals surface area contributed by atoms with Gasteiger partial charge in [0.05, 0.1) is 0 Å². The first-order valence-electron chi connectivity index (χ1n) is 5.11. The van der Waals surface area contributed by atoms with Crippen LogP contribution in [0.1, 0.15) is 32.6 Å². The maximum Gasteiger partial charge on any atom is 0.00300 e. The SMILES string of the molecule is CCC1CC2CC13CC1C2=C13. The largest absolute Gasteiger partial charge is 0.0651 e. The van der Waals surface area contributed by atoms with Gasteiger partial charge in [-0.25, -0.2) is 0 Å². The summed E-state index contributed by atoms with van der Waals surface area (Å²) >= 11 is 0. The zero-order chi connectivity index (χ0) is 7.22. The average molecular weight is 146 g/mol. The molecule has 4 aliphatic carbocycles. The second kappa shape index (κ2) is 1.22. The molecule has 58 valence electrons. The van der Waals surface area contributed by atoms with Crippen LogP contribution in [-0.4, -0.2) is 0 Å². The van der Waals surface area contributed by atoms with Crippen molar-refractivity contribution in [2.45, 2.75) is 32.6 Å². The standard InChI is InChI=1S/C11H14/c1-2-7-3-6-4-11(7)5-8-9(6)10(8)11/h6-8H,2-5H2,1H3. The Kier molecular flexibility index (Phi) is 0.596. The smallest absolute Gasteiger partial charge is 0.00300 e. The minimum Gasteiger partial charge on any atom is -0.0651 e. The molecule has 0 aliphatic heterocycles. The van der Waals surface area contributed by atoms with Gasteiger partial charge in [0.2, 0.25) is 0 Å². The monoisotopic (exact) mass is 146 g/mol. The van der Waals surface area contributed by atoms with Crippen molar-refractivity contribution < 1.29 is 0 Å². The predicted molar refractivity (Wildman–Crippen MR) is 44.1 cm³/mol. The zero-order valence-corrected chi connectivity index (χ0v) is 7.06. The van der Waals surface area contributed by atoms with Gasteiger partial charge in [-0.3, -0.25) is 0 Å². The highest BCUT2D eigenvalue weighted by Gasteiger charge is 2.73. The van der Waals surface area contributed by atoms with Crippen molar-refractivity contribution in [3.05, 3.63) is 11.1 Å². The van der Waals surface area contributed by atoms with Crippen molar-refractivity contribution in [1.29, 1.82) is 0 Å². The zero-order valence-electron chi connectivity index (χ0n) is 7.06. The van der Waals surface area contributed by atoms with Gasteiger partial charge in [0, 0.05) is 5.92 Å². The van der Waals surface area contributed by atoms with Crippen LogP contribution in [0.4, 0.5) is 0 Å². The molecule has 4 aliphatic rings. The van der Waals surface area contributed by atoms with Gasteiger partial charge in [-0.15, -0.1) is 0 Å². The summed E-state index contributed by atoms with van der Waals surface area (Å²) in [6.07, 6.45) is 6.16. The number of hydrogen-bond acceptors (Lipinski definition) is 0. The molecule has 0 amide bonds. The Bertz CT molecular complexity index is 286. The molecule has 0 heteroatoms. The second-order valence-electron chi connectivity index (χ2n) is 5.02. The van der Waals surface area contributed by atoms with E-state index in [9.17, 15) is 0 Å². The molecule has 0 saturated heterocycles. The molecule has 4 rings (SSSR count). The molecular weight excluding hydrogens is 132 g/mol. The third-order valence-electron chi connectivity index (χ3n) is 4.95. The molecule has 0 N–H and O–H groups in total. The fourth-order valence-electron chi connectivity index (χ4n) is 4.62. The van der Waals surface area contributed by atoms with Crippen LogP contribution in [0, 0.1) is 23.2 Å². The van der Waals surface area contributed by atoms with Crippen molar-refractivity contribution in [3.63, 3.8) is 0 Å². The third kappa shape index (κ3) is 0.335. The predicted octanol–water partition coefficient (Wildman–Crippen LogP) is 2.75. The molecule has 0 radical (unpaired) electrons. The number of hydrogen-bond donors (Lipinski definition) is 0. The lowest BCUT2D eigenvalue weighted by Crippen LogP contribution is -2.34. The summed E-state index contributed by atoms with van der Waals surface area (Å²) in [5, 5.41) is 0. The molecule has 0 heterocycles. The molecule has 2 fully saturated rings. The molecule has 0 nitrogen and oxygen atoms in total. The van der Waals surface area contributed by atoms with Gasteiger partial charge < -0.3 is 0 Å². The van der Waals surface area contributed by atoms with E-state index in [-0.39, 0.29) is 0 Å². The van der Waals surface area contributed by atoms with Gasteiger partial charge in [0.1, 0.15) is 0 Å². The van der Waals surface area contributed by atoms with Crippen molar-refractivity contribution in [2.75, 3.05) is 0 Å². The first-order chi connectivity index (χ1) is 5.37. The van der Waals surface area contributed by atoms with E-state index in [2.05, 4.69) is 6.92 Å². The first-order valence-corrected chi connectivity index (χ1v) is 5.11. The van der Waals surface area contributed by atoms with E-state index in [1.807, 2.05) is 11.1 Å². The Balaban J connectivity index is 1.88. The van der Waals surface area contributed by atoms with Gasteiger partial charge in [-0.2, -0.15) is 0 Å². The van der Waals surface area contributed by atoms with Crippen LogP contribution < -0.4 is 0 Å². The summed E-state index contributed by atoms with van der Waals surface area (Å²) in [6, 6.07) is 0. The molecule has 0 aromatic rings. The minimum atomic E-state index is 0.833. The van der Waals surface area contributed by atoms with E-state index >= 15 is 0 Å². The van der Waals surface area contributed by atoms with Crippen LogP contribution in [0.3, 0.4) is 0 Å². The Morgan fingerprint density at radius 1 is 1.45 bits per heavy atom. The maximum atomic E-state index is 2.38. The fourth-order valence-corrected chi connectivity index (χ4v) is 4.62. The maximum absolute atomic E-state index is 2.38. The molecular formula is C11H14. The van der Waals surface area contributed by atoms with E-state index < -0.39 is 0 Å². The van der Waals surface area contributed by atoms with E-state index in [1.54, 1.807) is 19.3 Å². The number of rotatable bonds is 1. The topological polar surface area (TPSA) is 0 Å². The Hall–Kier alpha value is -0.260. The molecule has 1 spiro atoms. The van der Waals surface area contributed by atoms with E-state index in [1.165, 1.54) is 6.42 Å². The third-order valence-corrected chi connectivity index (χ3v) is 4.95. The molecule has 2 bridgehead atoms. The summed E-state index contributed by atoms with van der Waals surface area (Å²) in [7, 11) is 0. The quantitative estimate of drug-likeness (QED) is 0.499.